The minimum absolute atomic E-state index is 0. The van der Waals surface area contributed by atoms with Gasteiger partial charge < -0.3 is 10.2 Å². The molecule has 0 saturated heterocycles. The van der Waals surface area contributed by atoms with Crippen LogP contribution >= 0.6 is 23.2 Å². The molecule has 1 radical (unpaired) electrons. The van der Waals surface area contributed by atoms with Crippen LogP contribution in [0.5, 0.6) is 0 Å². The molecule has 6 nitrogen and oxygen atoms in total. The van der Waals surface area contributed by atoms with Crippen LogP contribution in [0.1, 0.15) is 53.5 Å². The molecule has 0 aromatic heterocycles. The Morgan fingerprint density at radius 3 is 1.17 bits per heavy atom. The second-order valence-corrected chi connectivity index (χ2v) is 12.2. The van der Waals surface area contributed by atoms with Crippen LogP contribution in [0.3, 0.4) is 0 Å². The van der Waals surface area contributed by atoms with E-state index < -0.39 is 32.3 Å². The molecule has 4 rings (SSSR count). The molecule has 2 N–H and O–H groups in total. The fourth-order valence-electron chi connectivity index (χ4n) is 4.15. The van der Waals surface area contributed by atoms with Crippen molar-refractivity contribution in [3.63, 3.8) is 0 Å². The van der Waals surface area contributed by atoms with Gasteiger partial charge in [0.2, 0.25) is 0 Å². The third kappa shape index (κ3) is 8.44. The van der Waals surface area contributed by atoms with Crippen molar-refractivity contribution in [3.8, 4) is 0 Å². The Labute approximate surface area is 276 Å². The second-order valence-electron chi connectivity index (χ2n) is 9.11. The first-order valence-corrected chi connectivity index (χ1v) is 14.7. The van der Waals surface area contributed by atoms with E-state index >= 15 is 0 Å². The number of hydrogen-bond donors (Lipinski definition) is 2. The number of carbonyl (C=O) groups is 2. The maximum Gasteiger partial charge on any atom is 0.335 e. The summed E-state index contributed by atoms with van der Waals surface area (Å²) in [5, 5.41) is 17.1. The number of halogens is 2. The minimum atomic E-state index is -4.03. The van der Waals surface area contributed by atoms with Crippen molar-refractivity contribution in [1.29, 1.82) is 0 Å². The molecule has 209 valence electrons. The zero-order valence-electron chi connectivity index (χ0n) is 22.4. The second kappa shape index (κ2) is 14.8. The number of carboxylic acids is 2. The summed E-state index contributed by atoms with van der Waals surface area (Å²) in [5.74, 6) is -2.12. The Hall–Kier alpha value is -3.17. The fourth-order valence-corrected chi connectivity index (χ4v) is 6.39. The van der Waals surface area contributed by atoms with Gasteiger partial charge >= 0.3 is 11.9 Å². The number of hydrogen-bond acceptors (Lipinski definition) is 4. The van der Waals surface area contributed by atoms with Crippen molar-refractivity contribution >= 4 is 86.7 Å². The normalized spacial score (nSPS) is 13.0. The van der Waals surface area contributed by atoms with Gasteiger partial charge in [-0.1, -0.05) is 96.0 Å². The van der Waals surface area contributed by atoms with Gasteiger partial charge in [-0.05, 0) is 70.8 Å². The average molecular weight is 631 g/mol. The van der Waals surface area contributed by atoms with E-state index in [1.165, 1.54) is 24.3 Å². The van der Waals surface area contributed by atoms with Crippen LogP contribution < -0.4 is 0 Å². The van der Waals surface area contributed by atoms with Gasteiger partial charge in [0.15, 0.2) is 9.84 Å². The summed E-state index contributed by atoms with van der Waals surface area (Å²) in [6, 6.07) is 25.3. The van der Waals surface area contributed by atoms with Gasteiger partial charge in [-0.2, -0.15) is 0 Å². The van der Waals surface area contributed by atoms with Crippen molar-refractivity contribution in [2.24, 2.45) is 0 Å². The molecule has 0 aliphatic heterocycles. The van der Waals surface area contributed by atoms with Crippen LogP contribution in [0.15, 0.2) is 109 Å². The smallest absolute Gasteiger partial charge is 0.335 e. The van der Waals surface area contributed by atoms with E-state index in [4.69, 9.17) is 23.2 Å². The Kier molecular flexibility index (Phi) is 11.8. The number of sulfone groups is 1. The first kappa shape index (κ1) is 33.3. The molecular formula is C32H24Cl2NaO6S. The number of carboxylic acid groups (broad SMARTS) is 2. The van der Waals surface area contributed by atoms with Gasteiger partial charge in [-0.3, -0.25) is 0 Å². The van der Waals surface area contributed by atoms with Gasteiger partial charge in [0, 0.05) is 39.6 Å². The molecule has 10 heteroatoms. The molecule has 42 heavy (non-hydrogen) atoms. The van der Waals surface area contributed by atoms with E-state index in [1.807, 2.05) is 0 Å². The maximum atomic E-state index is 14.4. The van der Waals surface area contributed by atoms with Crippen molar-refractivity contribution in [1.82, 2.24) is 0 Å². The van der Waals surface area contributed by atoms with Gasteiger partial charge in [0.1, 0.15) is 10.5 Å². The van der Waals surface area contributed by atoms with Crippen molar-refractivity contribution in [2.45, 2.75) is 10.5 Å². The van der Waals surface area contributed by atoms with E-state index in [0.29, 0.717) is 32.3 Å². The maximum absolute atomic E-state index is 14.4. The molecule has 0 fully saturated rings. The summed E-state index contributed by atoms with van der Waals surface area (Å²) in [6.07, 6.45) is 6.39. The van der Waals surface area contributed by atoms with E-state index in [0.717, 1.165) is 0 Å². The van der Waals surface area contributed by atoms with E-state index in [9.17, 15) is 28.2 Å². The molecule has 2 unspecified atom stereocenters. The SMILES string of the molecule is O=C(O)c1ccc(C=CC(c2ccc(Cl)cc2)S(=O)(=O)C(/C=C/c2ccc(C(=O)O)cc2)c2ccc(Cl)cc2)cc1.[Na]. The standard InChI is InChI=1S/C32H24Cl2O6S.Na/c33-27-15-11-23(12-16-27)29(19-5-21-1-7-25(8-2-21)31(35)36)41(39,40)30(24-13-17-28(34)18-14-24)20-6-22-3-9-26(10-4-22)32(37)38;/h1-20,29-30H,(H,35,36)(H,37,38);/b19-5+,20-6?;. The minimum Gasteiger partial charge on any atom is -0.478 e. The fraction of sp³-hybridized carbons (Fsp3) is 0.0625. The monoisotopic (exact) mass is 629 g/mol. The number of rotatable bonds is 10. The summed E-state index contributed by atoms with van der Waals surface area (Å²) in [5.41, 5.74) is 2.47. The predicted molar refractivity (Wildman–Crippen MR) is 168 cm³/mol. The van der Waals surface area contributed by atoms with Crippen LogP contribution in [-0.2, 0) is 9.84 Å². The summed E-state index contributed by atoms with van der Waals surface area (Å²) in [7, 11) is -4.03. The summed E-state index contributed by atoms with van der Waals surface area (Å²) >= 11 is 12.2. The molecule has 4 aromatic rings. The average Bonchev–Trinajstić information content (AvgIpc) is 2.95. The Balaban J connectivity index is 0.00000484. The third-order valence-electron chi connectivity index (χ3n) is 6.35. The van der Waals surface area contributed by atoms with Crippen LogP contribution in [0.4, 0.5) is 0 Å². The molecule has 0 bridgehead atoms. The van der Waals surface area contributed by atoms with E-state index in [1.54, 1.807) is 97.1 Å². The molecule has 0 spiro atoms. The molecule has 0 aliphatic carbocycles. The topological polar surface area (TPSA) is 109 Å². The summed E-state index contributed by atoms with van der Waals surface area (Å²) in [6.45, 7) is 0. The molecule has 0 aliphatic rings. The number of aromatic carboxylic acids is 2. The Bertz CT molecular complexity index is 1580. The third-order valence-corrected chi connectivity index (χ3v) is 9.13. The molecule has 0 saturated carbocycles. The quantitative estimate of drug-likeness (QED) is 0.175. The predicted octanol–water partition coefficient (Wildman–Crippen LogP) is 7.63. The van der Waals surface area contributed by atoms with Gasteiger partial charge in [-0.25, -0.2) is 18.0 Å². The van der Waals surface area contributed by atoms with Crippen molar-refractivity contribution < 1.29 is 28.2 Å². The summed E-state index contributed by atoms with van der Waals surface area (Å²) < 4.78 is 28.8. The number of benzene rings is 4. The largest absolute Gasteiger partial charge is 0.478 e. The van der Waals surface area contributed by atoms with Crippen LogP contribution in [0.2, 0.25) is 10.0 Å². The summed E-state index contributed by atoms with van der Waals surface area (Å²) in [4.78, 5) is 22.4. The van der Waals surface area contributed by atoms with Gasteiger partial charge in [0.25, 0.3) is 0 Å². The Morgan fingerprint density at radius 2 is 0.881 bits per heavy atom. The zero-order valence-corrected chi connectivity index (χ0v) is 26.7. The van der Waals surface area contributed by atoms with Crippen molar-refractivity contribution in [3.05, 3.63) is 153 Å². The van der Waals surface area contributed by atoms with Crippen LogP contribution in [-0.4, -0.2) is 60.1 Å². The molecule has 0 heterocycles. The molecule has 0 amide bonds. The van der Waals surface area contributed by atoms with E-state index in [2.05, 4.69) is 0 Å². The molecular weight excluding hydrogens is 606 g/mol. The van der Waals surface area contributed by atoms with Gasteiger partial charge in [0.05, 0.1) is 11.1 Å². The molecule has 4 aromatic carbocycles. The van der Waals surface area contributed by atoms with Gasteiger partial charge in [-0.15, -0.1) is 0 Å². The van der Waals surface area contributed by atoms with Crippen molar-refractivity contribution in [2.75, 3.05) is 0 Å². The molecule has 2 atom stereocenters. The van der Waals surface area contributed by atoms with Crippen LogP contribution in [0, 0.1) is 0 Å². The zero-order chi connectivity index (χ0) is 29.6. The van der Waals surface area contributed by atoms with E-state index in [-0.39, 0.29) is 40.7 Å². The first-order valence-electron chi connectivity index (χ1n) is 12.3. The first-order chi connectivity index (χ1) is 19.5. The van der Waals surface area contributed by atoms with Crippen LogP contribution in [0.25, 0.3) is 12.2 Å². The Morgan fingerprint density at radius 1 is 0.571 bits per heavy atom.